The second-order valence-corrected chi connectivity index (χ2v) is 20.9. The van der Waals surface area contributed by atoms with Gasteiger partial charge < -0.3 is 14.2 Å². The van der Waals surface area contributed by atoms with Gasteiger partial charge in [0, 0.05) is 19.3 Å². The van der Waals surface area contributed by atoms with Crippen molar-refractivity contribution in [1.29, 1.82) is 0 Å². The summed E-state index contributed by atoms with van der Waals surface area (Å²) >= 11 is 0. The van der Waals surface area contributed by atoms with Crippen molar-refractivity contribution in [2.75, 3.05) is 13.2 Å². The van der Waals surface area contributed by atoms with E-state index >= 15 is 0 Å². The normalized spacial score (nSPS) is 13.4. The molecule has 0 fully saturated rings. The van der Waals surface area contributed by atoms with E-state index in [0.717, 1.165) is 161 Å². The van der Waals surface area contributed by atoms with Crippen LogP contribution in [-0.4, -0.2) is 37.2 Å². The van der Waals surface area contributed by atoms with Crippen LogP contribution in [0, 0.1) is 0 Å². The van der Waals surface area contributed by atoms with Crippen molar-refractivity contribution < 1.29 is 28.6 Å². The van der Waals surface area contributed by atoms with Gasteiger partial charge in [-0.05, 0) is 148 Å². The third-order valence-corrected chi connectivity index (χ3v) is 13.1. The summed E-state index contributed by atoms with van der Waals surface area (Å²) in [5, 5.41) is 0. The number of ether oxygens (including phenoxy) is 3. The van der Waals surface area contributed by atoms with Crippen LogP contribution in [0.2, 0.25) is 0 Å². The van der Waals surface area contributed by atoms with Gasteiger partial charge in [0.05, 0.1) is 0 Å². The highest BCUT2D eigenvalue weighted by Gasteiger charge is 2.19. The van der Waals surface area contributed by atoms with Gasteiger partial charge in [-0.2, -0.15) is 0 Å². The van der Waals surface area contributed by atoms with Gasteiger partial charge in [-0.1, -0.05) is 279 Å². The molecule has 0 aliphatic rings. The Morgan fingerprint density at radius 1 is 0.241 bits per heavy atom. The number of rotatable bonds is 57. The van der Waals surface area contributed by atoms with Crippen molar-refractivity contribution in [3.05, 3.63) is 194 Å². The highest BCUT2D eigenvalue weighted by molar-refractivity contribution is 5.71. The van der Waals surface area contributed by atoms with Gasteiger partial charge in [0.15, 0.2) is 6.10 Å². The van der Waals surface area contributed by atoms with Crippen LogP contribution in [0.3, 0.4) is 0 Å². The molecule has 0 radical (unpaired) electrons. The van der Waals surface area contributed by atoms with Crippen LogP contribution in [0.1, 0.15) is 252 Å². The molecular formula is C77H118O6. The zero-order valence-electron chi connectivity index (χ0n) is 52.9. The summed E-state index contributed by atoms with van der Waals surface area (Å²) in [6, 6.07) is 0. The predicted molar refractivity (Wildman–Crippen MR) is 361 cm³/mol. The molecule has 0 rings (SSSR count). The molecule has 0 aliphatic carbocycles. The minimum absolute atomic E-state index is 0.127. The van der Waals surface area contributed by atoms with E-state index in [2.05, 4.69) is 209 Å². The second kappa shape index (κ2) is 68.7. The van der Waals surface area contributed by atoms with Gasteiger partial charge in [-0.25, -0.2) is 0 Å². The van der Waals surface area contributed by atoms with Crippen molar-refractivity contribution in [2.45, 2.75) is 258 Å². The Balaban J connectivity index is 4.58. The molecule has 0 aliphatic heterocycles. The first kappa shape index (κ1) is 77.2. The lowest BCUT2D eigenvalue weighted by atomic mass is 10.0. The highest BCUT2D eigenvalue weighted by Crippen LogP contribution is 2.14. The molecule has 6 heteroatoms. The first-order valence-corrected chi connectivity index (χ1v) is 32.9. The number of hydrogen-bond acceptors (Lipinski definition) is 6. The molecule has 83 heavy (non-hydrogen) atoms. The van der Waals surface area contributed by atoms with Crippen LogP contribution in [0.15, 0.2) is 194 Å². The molecule has 0 N–H and O–H groups in total. The van der Waals surface area contributed by atoms with Crippen LogP contribution in [0.25, 0.3) is 0 Å². The summed E-state index contributed by atoms with van der Waals surface area (Å²) in [6.45, 7) is 6.20. The van der Waals surface area contributed by atoms with Crippen LogP contribution in [0.4, 0.5) is 0 Å². The average molecular weight is 1140 g/mol. The summed E-state index contributed by atoms with van der Waals surface area (Å²) in [5.74, 6) is -1.05. The largest absolute Gasteiger partial charge is 0.462 e. The molecule has 0 aromatic rings. The third kappa shape index (κ3) is 66.9. The van der Waals surface area contributed by atoms with Crippen molar-refractivity contribution in [1.82, 2.24) is 0 Å². The van der Waals surface area contributed by atoms with Crippen molar-refractivity contribution in [3.8, 4) is 0 Å². The second-order valence-electron chi connectivity index (χ2n) is 20.9. The molecule has 0 bridgehead atoms. The van der Waals surface area contributed by atoms with E-state index in [1.165, 1.54) is 44.9 Å². The zero-order chi connectivity index (χ0) is 59.9. The Labute approximate surface area is 509 Å². The Hall–Kier alpha value is -5.75. The quantitative estimate of drug-likeness (QED) is 0.0261. The van der Waals surface area contributed by atoms with E-state index in [4.69, 9.17) is 14.2 Å². The van der Waals surface area contributed by atoms with Crippen molar-refractivity contribution in [2.24, 2.45) is 0 Å². The average Bonchev–Trinajstić information content (AvgIpc) is 3.49. The monoisotopic (exact) mass is 1140 g/mol. The predicted octanol–water partition coefficient (Wildman–Crippen LogP) is 23.0. The first-order valence-electron chi connectivity index (χ1n) is 32.9. The number of hydrogen-bond donors (Lipinski definition) is 0. The molecule has 1 unspecified atom stereocenters. The molecule has 0 aromatic heterocycles. The SMILES string of the molecule is CC/C=C\C/C=C\C/C=C\C/C=C\C/C=C\C/C=C\CCCCCCC(=O)OCC(COC(=O)CC/C=C\C/C=C\C/C=C\C/C=C\C/C=C\C/C=C\CC)OC(=O)CCCCCCCCCCCC/C=C\C/C=C\C/C=C\C/C=C\CC. The van der Waals surface area contributed by atoms with Crippen LogP contribution >= 0.6 is 0 Å². The number of esters is 3. The van der Waals surface area contributed by atoms with Crippen molar-refractivity contribution >= 4 is 17.9 Å². The molecule has 0 aromatic carbocycles. The topological polar surface area (TPSA) is 78.9 Å². The molecule has 6 nitrogen and oxygen atoms in total. The molecule has 0 saturated heterocycles. The maximum atomic E-state index is 13.0. The number of allylic oxidation sites excluding steroid dienone is 32. The van der Waals surface area contributed by atoms with Crippen LogP contribution in [0.5, 0.6) is 0 Å². The number of carbonyl (C=O) groups excluding carboxylic acids is 3. The Morgan fingerprint density at radius 2 is 0.458 bits per heavy atom. The number of unbranched alkanes of at least 4 members (excludes halogenated alkanes) is 14. The standard InChI is InChI=1S/C77H118O6/c1-4-7-10-13-16-19-22-25-28-31-34-36-38-40-43-46-49-52-55-58-61-64-67-70-76(79)82-73-74(72-81-75(78)69-66-63-60-57-54-51-48-45-42-33-30-27-24-21-18-15-12-9-6-3)83-77(80)71-68-65-62-59-56-53-50-47-44-41-39-37-35-32-29-26-23-20-17-14-11-8-5-2/h7-12,16-21,25-30,34-37,40,42-43,45,49,51-52,54,60,63,74H,4-6,13-15,22-24,31-33,38-39,41,44,46-48,50,53,55-59,61-62,64-73H2,1-3H3/b10-7-,11-8-,12-9-,19-16-,20-17-,21-18-,28-25-,29-26-,30-27-,36-34-,37-35-,43-40-,45-42-,52-49-,54-51-,63-60-. The van der Waals surface area contributed by atoms with Gasteiger partial charge in [0.2, 0.25) is 0 Å². The summed E-state index contributed by atoms with van der Waals surface area (Å²) in [7, 11) is 0. The fourth-order valence-corrected chi connectivity index (χ4v) is 8.29. The lowest BCUT2D eigenvalue weighted by Crippen LogP contribution is -2.30. The van der Waals surface area contributed by atoms with E-state index in [1.54, 1.807) is 0 Å². The van der Waals surface area contributed by atoms with E-state index < -0.39 is 6.10 Å². The third-order valence-electron chi connectivity index (χ3n) is 13.1. The molecule has 1 atom stereocenters. The summed E-state index contributed by atoms with van der Waals surface area (Å²) in [4.78, 5) is 38.4. The Bertz CT molecular complexity index is 1990. The van der Waals surface area contributed by atoms with Gasteiger partial charge in [0.25, 0.3) is 0 Å². The molecule has 0 heterocycles. The smallest absolute Gasteiger partial charge is 0.306 e. The molecule has 0 spiro atoms. The van der Waals surface area contributed by atoms with E-state index in [-0.39, 0.29) is 37.5 Å². The molecular weight excluding hydrogens is 1020 g/mol. The summed E-state index contributed by atoms with van der Waals surface area (Å²) in [6.07, 6.45) is 104. The minimum atomic E-state index is -0.836. The highest BCUT2D eigenvalue weighted by atomic mass is 16.6. The number of carbonyl (C=O) groups is 3. The minimum Gasteiger partial charge on any atom is -0.462 e. The summed E-state index contributed by atoms with van der Waals surface area (Å²) in [5.41, 5.74) is 0. The van der Waals surface area contributed by atoms with Gasteiger partial charge >= 0.3 is 17.9 Å². The van der Waals surface area contributed by atoms with Crippen LogP contribution < -0.4 is 0 Å². The van der Waals surface area contributed by atoms with Crippen molar-refractivity contribution in [3.63, 3.8) is 0 Å². The molecule has 0 amide bonds. The lowest BCUT2D eigenvalue weighted by Gasteiger charge is -2.18. The Kier molecular flexibility index (Phi) is 64.0. The molecule has 0 saturated carbocycles. The van der Waals surface area contributed by atoms with Gasteiger partial charge in [-0.3, -0.25) is 14.4 Å². The van der Waals surface area contributed by atoms with Gasteiger partial charge in [0.1, 0.15) is 13.2 Å². The lowest BCUT2D eigenvalue weighted by molar-refractivity contribution is -0.166. The fourth-order valence-electron chi connectivity index (χ4n) is 8.29. The molecule has 462 valence electrons. The zero-order valence-corrected chi connectivity index (χ0v) is 52.9. The first-order chi connectivity index (χ1) is 41.0. The maximum absolute atomic E-state index is 13.0. The summed E-state index contributed by atoms with van der Waals surface area (Å²) < 4.78 is 16.9. The maximum Gasteiger partial charge on any atom is 0.306 e. The van der Waals surface area contributed by atoms with Gasteiger partial charge in [-0.15, -0.1) is 0 Å². The Morgan fingerprint density at radius 3 is 0.747 bits per heavy atom. The van der Waals surface area contributed by atoms with E-state index in [9.17, 15) is 14.4 Å². The van der Waals surface area contributed by atoms with Crippen LogP contribution in [-0.2, 0) is 28.6 Å². The fraction of sp³-hybridized carbons (Fsp3) is 0.545. The van der Waals surface area contributed by atoms with E-state index in [1.807, 2.05) is 6.08 Å². The van der Waals surface area contributed by atoms with E-state index in [0.29, 0.717) is 19.3 Å².